The van der Waals surface area contributed by atoms with Crippen molar-refractivity contribution in [1.29, 1.82) is 0 Å². The molecule has 0 radical (unpaired) electrons. The third-order valence-corrected chi connectivity index (χ3v) is 4.81. The number of rotatable bonds is 5. The maximum Gasteiger partial charge on any atom is 0.210 e. The zero-order valence-corrected chi connectivity index (χ0v) is 12.0. The van der Waals surface area contributed by atoms with Gasteiger partial charge < -0.3 is 5.73 Å². The highest BCUT2D eigenvalue weighted by molar-refractivity contribution is 7.99. The van der Waals surface area contributed by atoms with Crippen LogP contribution in [-0.4, -0.2) is 31.7 Å². The zero-order chi connectivity index (χ0) is 13.8. The summed E-state index contributed by atoms with van der Waals surface area (Å²) in [5.74, 6) is 0. The summed E-state index contributed by atoms with van der Waals surface area (Å²) in [4.78, 5) is 4.38. The standard InChI is InChI=1S/C13H18N6S/c14-9-12(11-7-3-4-8-15-11)20-13-16-17-18-19(13)10-5-1-2-6-10/h3-4,7-8,10,12H,1-2,5-6,9,14H2. The molecule has 2 aromatic heterocycles. The van der Waals surface area contributed by atoms with Crippen LogP contribution in [0.4, 0.5) is 0 Å². The number of nitrogens with two attached hydrogens (primary N) is 1. The molecule has 3 rings (SSSR count). The van der Waals surface area contributed by atoms with Crippen molar-refractivity contribution < 1.29 is 0 Å². The Morgan fingerprint density at radius 1 is 1.35 bits per heavy atom. The number of aromatic nitrogens is 5. The fraction of sp³-hybridized carbons (Fsp3) is 0.538. The molecule has 2 aromatic rings. The Balaban J connectivity index is 1.78. The van der Waals surface area contributed by atoms with Gasteiger partial charge in [-0.3, -0.25) is 4.98 Å². The van der Waals surface area contributed by atoms with E-state index in [1.807, 2.05) is 22.9 Å². The molecule has 0 bridgehead atoms. The van der Waals surface area contributed by atoms with Crippen LogP contribution in [-0.2, 0) is 0 Å². The fourth-order valence-electron chi connectivity index (χ4n) is 2.56. The lowest BCUT2D eigenvalue weighted by Crippen LogP contribution is -2.13. The Morgan fingerprint density at radius 2 is 2.20 bits per heavy atom. The van der Waals surface area contributed by atoms with Crippen LogP contribution in [0.15, 0.2) is 29.6 Å². The molecule has 6 nitrogen and oxygen atoms in total. The largest absolute Gasteiger partial charge is 0.329 e. The van der Waals surface area contributed by atoms with Gasteiger partial charge >= 0.3 is 0 Å². The number of nitrogens with zero attached hydrogens (tertiary/aromatic N) is 5. The summed E-state index contributed by atoms with van der Waals surface area (Å²) in [6.07, 6.45) is 6.63. The van der Waals surface area contributed by atoms with Gasteiger partial charge in [-0.15, -0.1) is 5.10 Å². The monoisotopic (exact) mass is 290 g/mol. The van der Waals surface area contributed by atoms with E-state index in [-0.39, 0.29) is 5.25 Å². The van der Waals surface area contributed by atoms with Crippen molar-refractivity contribution in [1.82, 2.24) is 25.2 Å². The third kappa shape index (κ3) is 2.83. The quantitative estimate of drug-likeness (QED) is 0.848. The molecule has 7 heteroatoms. The van der Waals surface area contributed by atoms with E-state index in [1.165, 1.54) is 12.8 Å². The molecule has 106 valence electrons. The number of hydrogen-bond donors (Lipinski definition) is 1. The Morgan fingerprint density at radius 3 is 2.90 bits per heavy atom. The molecule has 0 saturated heterocycles. The van der Waals surface area contributed by atoms with Crippen molar-refractivity contribution in [2.45, 2.75) is 42.1 Å². The number of pyridine rings is 1. The third-order valence-electron chi connectivity index (χ3n) is 3.61. The van der Waals surface area contributed by atoms with Crippen LogP contribution < -0.4 is 5.73 Å². The average molecular weight is 290 g/mol. The molecule has 0 aromatic carbocycles. The van der Waals surface area contributed by atoms with E-state index in [1.54, 1.807) is 18.0 Å². The zero-order valence-electron chi connectivity index (χ0n) is 11.2. The summed E-state index contributed by atoms with van der Waals surface area (Å²) in [5, 5.41) is 13.1. The lowest BCUT2D eigenvalue weighted by molar-refractivity contribution is 0.422. The lowest BCUT2D eigenvalue weighted by atomic mass is 10.3. The highest BCUT2D eigenvalue weighted by Crippen LogP contribution is 2.36. The van der Waals surface area contributed by atoms with Crippen LogP contribution in [0.5, 0.6) is 0 Å². The fourth-order valence-corrected chi connectivity index (χ4v) is 3.55. The molecular weight excluding hydrogens is 272 g/mol. The second-order valence-corrected chi connectivity index (χ2v) is 6.11. The summed E-state index contributed by atoms with van der Waals surface area (Å²) >= 11 is 1.60. The van der Waals surface area contributed by atoms with E-state index in [9.17, 15) is 0 Å². The van der Waals surface area contributed by atoms with Crippen molar-refractivity contribution in [3.05, 3.63) is 30.1 Å². The molecule has 2 heterocycles. The summed E-state index contributed by atoms with van der Waals surface area (Å²) in [6, 6.07) is 6.32. The van der Waals surface area contributed by atoms with Crippen LogP contribution in [0.3, 0.4) is 0 Å². The van der Waals surface area contributed by atoms with Gasteiger partial charge in [0, 0.05) is 12.7 Å². The molecule has 20 heavy (non-hydrogen) atoms. The summed E-state index contributed by atoms with van der Waals surface area (Å²) in [7, 11) is 0. The molecule has 1 aliphatic rings. The SMILES string of the molecule is NCC(Sc1nnnn1C1CCCC1)c1ccccn1. The summed E-state index contributed by atoms with van der Waals surface area (Å²) in [5.41, 5.74) is 6.86. The molecule has 2 N–H and O–H groups in total. The molecule has 1 aliphatic carbocycles. The van der Waals surface area contributed by atoms with E-state index in [4.69, 9.17) is 5.73 Å². The Kier molecular flexibility index (Phi) is 4.27. The summed E-state index contributed by atoms with van der Waals surface area (Å²) < 4.78 is 1.96. The lowest BCUT2D eigenvalue weighted by Gasteiger charge is -2.15. The van der Waals surface area contributed by atoms with Crippen molar-refractivity contribution in [2.75, 3.05) is 6.54 Å². The van der Waals surface area contributed by atoms with Crippen LogP contribution in [0.25, 0.3) is 0 Å². The number of thioether (sulfide) groups is 1. The van der Waals surface area contributed by atoms with Gasteiger partial charge in [0.05, 0.1) is 17.0 Å². The van der Waals surface area contributed by atoms with Gasteiger partial charge in [-0.2, -0.15) is 0 Å². The molecule has 1 unspecified atom stereocenters. The van der Waals surface area contributed by atoms with Gasteiger partial charge in [-0.25, -0.2) is 4.68 Å². The maximum absolute atomic E-state index is 5.89. The van der Waals surface area contributed by atoms with Gasteiger partial charge in [-0.05, 0) is 35.4 Å². The van der Waals surface area contributed by atoms with Gasteiger partial charge in [0.15, 0.2) is 0 Å². The molecule has 0 spiro atoms. The smallest absolute Gasteiger partial charge is 0.210 e. The molecule has 0 aliphatic heterocycles. The van der Waals surface area contributed by atoms with Crippen LogP contribution >= 0.6 is 11.8 Å². The molecule has 1 atom stereocenters. The average Bonchev–Trinajstić information content (AvgIpc) is 3.16. The van der Waals surface area contributed by atoms with E-state index in [0.29, 0.717) is 12.6 Å². The molecule has 0 amide bonds. The first-order valence-electron chi connectivity index (χ1n) is 6.94. The van der Waals surface area contributed by atoms with Crippen molar-refractivity contribution >= 4 is 11.8 Å². The second kappa shape index (κ2) is 6.32. The Bertz CT molecular complexity index is 537. The predicted molar refractivity (Wildman–Crippen MR) is 77.2 cm³/mol. The molecule has 1 saturated carbocycles. The summed E-state index contributed by atoms with van der Waals surface area (Å²) in [6.45, 7) is 0.513. The van der Waals surface area contributed by atoms with Crippen LogP contribution in [0.1, 0.15) is 42.7 Å². The van der Waals surface area contributed by atoms with Crippen LogP contribution in [0.2, 0.25) is 0 Å². The predicted octanol–water partition coefficient (Wildman–Crippen LogP) is 1.98. The topological polar surface area (TPSA) is 82.5 Å². The van der Waals surface area contributed by atoms with E-state index in [0.717, 1.165) is 23.7 Å². The van der Waals surface area contributed by atoms with Crippen LogP contribution in [0, 0.1) is 0 Å². The minimum Gasteiger partial charge on any atom is -0.329 e. The highest BCUT2D eigenvalue weighted by atomic mass is 32.2. The Labute approximate surface area is 122 Å². The Hall–Kier alpha value is -1.47. The highest BCUT2D eigenvalue weighted by Gasteiger charge is 2.24. The van der Waals surface area contributed by atoms with E-state index in [2.05, 4.69) is 20.5 Å². The first kappa shape index (κ1) is 13.5. The minimum absolute atomic E-state index is 0.0855. The molecular formula is C13H18N6S. The first-order valence-corrected chi connectivity index (χ1v) is 7.82. The maximum atomic E-state index is 5.89. The second-order valence-electron chi connectivity index (χ2n) is 4.94. The van der Waals surface area contributed by atoms with E-state index >= 15 is 0 Å². The van der Waals surface area contributed by atoms with Crippen molar-refractivity contribution in [3.8, 4) is 0 Å². The van der Waals surface area contributed by atoms with Crippen molar-refractivity contribution in [3.63, 3.8) is 0 Å². The first-order chi connectivity index (χ1) is 9.88. The number of tetrazole rings is 1. The van der Waals surface area contributed by atoms with Gasteiger partial charge in [0.25, 0.3) is 0 Å². The van der Waals surface area contributed by atoms with E-state index < -0.39 is 0 Å². The minimum atomic E-state index is 0.0855. The van der Waals surface area contributed by atoms with Gasteiger partial charge in [0.2, 0.25) is 5.16 Å². The normalized spacial score (nSPS) is 17.4. The molecule has 1 fully saturated rings. The van der Waals surface area contributed by atoms with Gasteiger partial charge in [0.1, 0.15) is 0 Å². The van der Waals surface area contributed by atoms with Crippen molar-refractivity contribution in [2.24, 2.45) is 5.73 Å². The van der Waals surface area contributed by atoms with Gasteiger partial charge in [-0.1, -0.05) is 30.7 Å². The number of hydrogen-bond acceptors (Lipinski definition) is 6.